The molecular formula is C29H32ClNO2. The molecule has 4 rings (SSSR count). The van der Waals surface area contributed by atoms with Crippen molar-refractivity contribution in [3.8, 4) is 11.6 Å². The molecule has 1 fully saturated rings. The lowest BCUT2D eigenvalue weighted by molar-refractivity contribution is 0.101. The van der Waals surface area contributed by atoms with Crippen molar-refractivity contribution in [2.45, 2.75) is 58.7 Å². The molecule has 0 aliphatic heterocycles. The number of halogens is 1. The minimum Gasteiger partial charge on any atom is -0.489 e. The van der Waals surface area contributed by atoms with E-state index in [1.807, 2.05) is 49.4 Å². The zero-order chi connectivity index (χ0) is 23.2. The van der Waals surface area contributed by atoms with E-state index in [1.165, 1.54) is 19.3 Å². The van der Waals surface area contributed by atoms with Gasteiger partial charge in [0.05, 0.1) is 11.3 Å². The van der Waals surface area contributed by atoms with E-state index in [1.54, 1.807) is 0 Å². The molecule has 0 radical (unpaired) electrons. The van der Waals surface area contributed by atoms with Crippen LogP contribution in [0.4, 0.5) is 0 Å². The Morgan fingerprint density at radius 1 is 1.03 bits per heavy atom. The van der Waals surface area contributed by atoms with E-state index in [9.17, 15) is 0 Å². The third-order valence-corrected chi connectivity index (χ3v) is 6.51. The maximum Gasteiger partial charge on any atom is 0.225 e. The monoisotopic (exact) mass is 461 g/mol. The van der Waals surface area contributed by atoms with Gasteiger partial charge in [0.25, 0.3) is 0 Å². The lowest BCUT2D eigenvalue weighted by Gasteiger charge is -2.30. The first-order chi connectivity index (χ1) is 16.0. The molecule has 2 atom stereocenters. The van der Waals surface area contributed by atoms with E-state index in [0.717, 1.165) is 45.2 Å². The minimum atomic E-state index is 0.199. The minimum absolute atomic E-state index is 0.199. The van der Waals surface area contributed by atoms with E-state index in [4.69, 9.17) is 26.1 Å². The standard InChI is InChI=1S/C29H32ClNO2/c1-20(2)28-27(33-26-12-8-7-9-21(26)3)18-25(17-22-13-15-24(30)16-14-22)31-29(28)32-19-23-10-5-4-6-11-23/h4-6,10-11,13-16,18,21,26H,1,7-9,12,17,19H2,2-3H3. The molecule has 0 N–H and O–H groups in total. The Hall–Kier alpha value is -2.78. The maximum absolute atomic E-state index is 6.65. The zero-order valence-corrected chi connectivity index (χ0v) is 20.3. The van der Waals surface area contributed by atoms with Gasteiger partial charge in [-0.15, -0.1) is 0 Å². The van der Waals surface area contributed by atoms with Crippen molar-refractivity contribution in [1.82, 2.24) is 4.98 Å². The van der Waals surface area contributed by atoms with Crippen molar-refractivity contribution in [1.29, 1.82) is 0 Å². The van der Waals surface area contributed by atoms with Gasteiger partial charge < -0.3 is 9.47 Å². The van der Waals surface area contributed by atoms with Crippen molar-refractivity contribution in [3.05, 3.63) is 94.6 Å². The van der Waals surface area contributed by atoms with E-state index >= 15 is 0 Å². The summed E-state index contributed by atoms with van der Waals surface area (Å²) in [4.78, 5) is 4.90. The Labute approximate surface area is 202 Å². The lowest BCUT2D eigenvalue weighted by Crippen LogP contribution is -2.28. The first-order valence-electron chi connectivity index (χ1n) is 11.8. The molecule has 2 unspecified atom stereocenters. The van der Waals surface area contributed by atoms with E-state index in [2.05, 4.69) is 31.7 Å². The SMILES string of the molecule is C=C(C)c1c(OC2CCCCC2C)cc(Cc2ccc(Cl)cc2)nc1OCc1ccccc1. The number of allylic oxidation sites excluding steroid dienone is 1. The molecule has 33 heavy (non-hydrogen) atoms. The van der Waals surface area contributed by atoms with Crippen molar-refractivity contribution in [3.63, 3.8) is 0 Å². The van der Waals surface area contributed by atoms with Crippen LogP contribution in [0.2, 0.25) is 5.02 Å². The van der Waals surface area contributed by atoms with E-state index in [0.29, 0.717) is 24.8 Å². The van der Waals surface area contributed by atoms with Gasteiger partial charge in [-0.05, 0) is 60.9 Å². The molecule has 1 aliphatic rings. The molecule has 0 saturated heterocycles. The normalized spacial score (nSPS) is 18.0. The van der Waals surface area contributed by atoms with Gasteiger partial charge in [-0.3, -0.25) is 0 Å². The molecule has 1 saturated carbocycles. The van der Waals surface area contributed by atoms with Crippen LogP contribution in [0.25, 0.3) is 5.57 Å². The van der Waals surface area contributed by atoms with Crippen LogP contribution in [-0.2, 0) is 13.0 Å². The fourth-order valence-electron chi connectivity index (χ4n) is 4.39. The molecule has 3 aromatic rings. The summed E-state index contributed by atoms with van der Waals surface area (Å²) in [5.41, 5.74) is 4.90. The molecule has 4 heteroatoms. The Balaban J connectivity index is 1.69. The summed E-state index contributed by atoms with van der Waals surface area (Å²) in [7, 11) is 0. The predicted molar refractivity (Wildman–Crippen MR) is 136 cm³/mol. The van der Waals surface area contributed by atoms with Crippen molar-refractivity contribution in [2.75, 3.05) is 0 Å². The molecule has 0 bridgehead atoms. The lowest BCUT2D eigenvalue weighted by atomic mass is 9.88. The van der Waals surface area contributed by atoms with Gasteiger partial charge in [0.1, 0.15) is 18.5 Å². The molecule has 1 aliphatic carbocycles. The largest absolute Gasteiger partial charge is 0.489 e. The average Bonchev–Trinajstić information content (AvgIpc) is 2.81. The number of ether oxygens (including phenoxy) is 2. The quantitative estimate of drug-likeness (QED) is 0.341. The number of nitrogens with zero attached hydrogens (tertiary/aromatic N) is 1. The molecule has 172 valence electrons. The van der Waals surface area contributed by atoms with Crippen molar-refractivity contribution < 1.29 is 9.47 Å². The smallest absolute Gasteiger partial charge is 0.225 e. The highest BCUT2D eigenvalue weighted by Gasteiger charge is 2.26. The second-order valence-corrected chi connectivity index (χ2v) is 9.50. The van der Waals surface area contributed by atoms with E-state index in [-0.39, 0.29) is 6.10 Å². The second kappa shape index (κ2) is 10.9. The molecule has 0 spiro atoms. The molecule has 3 nitrogen and oxygen atoms in total. The molecular weight excluding hydrogens is 430 g/mol. The molecule has 1 aromatic heterocycles. The summed E-state index contributed by atoms with van der Waals surface area (Å²) < 4.78 is 12.9. The van der Waals surface area contributed by atoms with E-state index < -0.39 is 0 Å². The summed E-state index contributed by atoms with van der Waals surface area (Å²) in [5.74, 6) is 1.93. The Morgan fingerprint density at radius 2 is 1.76 bits per heavy atom. The zero-order valence-electron chi connectivity index (χ0n) is 19.5. The van der Waals surface area contributed by atoms with Crippen LogP contribution in [-0.4, -0.2) is 11.1 Å². The number of benzene rings is 2. The summed E-state index contributed by atoms with van der Waals surface area (Å²) in [5, 5.41) is 0.728. The van der Waals surface area contributed by atoms with Gasteiger partial charge in [0.15, 0.2) is 0 Å². The first kappa shape index (κ1) is 23.4. The Kier molecular flexibility index (Phi) is 7.72. The van der Waals surface area contributed by atoms with Crippen LogP contribution in [0.1, 0.15) is 61.9 Å². The average molecular weight is 462 g/mol. The fraction of sp³-hybridized carbons (Fsp3) is 0.345. The topological polar surface area (TPSA) is 31.4 Å². The van der Waals surface area contributed by atoms with Crippen molar-refractivity contribution >= 4 is 17.2 Å². The van der Waals surface area contributed by atoms with Gasteiger partial charge in [-0.2, -0.15) is 0 Å². The van der Waals surface area contributed by atoms with Gasteiger partial charge in [-0.25, -0.2) is 4.98 Å². The van der Waals surface area contributed by atoms with Crippen LogP contribution in [0.15, 0.2) is 67.2 Å². The van der Waals surface area contributed by atoms with Gasteiger partial charge >= 0.3 is 0 Å². The Morgan fingerprint density at radius 3 is 2.45 bits per heavy atom. The van der Waals surface area contributed by atoms with Gasteiger partial charge in [0, 0.05) is 17.5 Å². The third-order valence-electron chi connectivity index (χ3n) is 6.26. The third kappa shape index (κ3) is 6.17. The first-order valence-corrected chi connectivity index (χ1v) is 12.1. The van der Waals surface area contributed by atoms with Crippen LogP contribution in [0, 0.1) is 5.92 Å². The summed E-state index contributed by atoms with van der Waals surface area (Å²) in [6.45, 7) is 8.94. The van der Waals surface area contributed by atoms with Crippen LogP contribution >= 0.6 is 11.6 Å². The Bertz CT molecular complexity index is 1080. The van der Waals surface area contributed by atoms with Crippen LogP contribution in [0.5, 0.6) is 11.6 Å². The predicted octanol–water partition coefficient (Wildman–Crippen LogP) is 7.90. The van der Waals surface area contributed by atoms with Crippen molar-refractivity contribution in [2.24, 2.45) is 5.92 Å². The highest BCUT2D eigenvalue weighted by Crippen LogP contribution is 2.37. The highest BCUT2D eigenvalue weighted by atomic mass is 35.5. The van der Waals surface area contributed by atoms with Gasteiger partial charge in [-0.1, -0.05) is 74.0 Å². The summed E-state index contributed by atoms with van der Waals surface area (Å²) >= 11 is 6.08. The summed E-state index contributed by atoms with van der Waals surface area (Å²) in [6.07, 6.45) is 5.63. The van der Waals surface area contributed by atoms with Crippen LogP contribution < -0.4 is 9.47 Å². The number of rotatable bonds is 8. The maximum atomic E-state index is 6.65. The van der Waals surface area contributed by atoms with Crippen LogP contribution in [0.3, 0.4) is 0 Å². The number of pyridine rings is 1. The molecule has 0 amide bonds. The highest BCUT2D eigenvalue weighted by molar-refractivity contribution is 6.30. The second-order valence-electron chi connectivity index (χ2n) is 9.07. The molecule has 1 heterocycles. The fourth-order valence-corrected chi connectivity index (χ4v) is 4.51. The number of hydrogen-bond donors (Lipinski definition) is 0. The number of hydrogen-bond acceptors (Lipinski definition) is 3. The number of aromatic nitrogens is 1. The molecule has 2 aromatic carbocycles. The summed E-state index contributed by atoms with van der Waals surface area (Å²) in [6, 6.07) is 20.1. The van der Waals surface area contributed by atoms with Gasteiger partial charge in [0.2, 0.25) is 5.88 Å².